The molecule has 1 heterocycles. The quantitative estimate of drug-likeness (QED) is 0.757. The normalized spacial score (nSPS) is 19.9. The number of furan rings is 1. The summed E-state index contributed by atoms with van der Waals surface area (Å²) in [6, 6.07) is 2.07. The Hall–Kier alpha value is -0.760. The Kier molecular flexibility index (Phi) is 1.95. The van der Waals surface area contributed by atoms with Crippen LogP contribution >= 0.6 is 0 Å². The van der Waals surface area contributed by atoms with Crippen LogP contribution in [0.25, 0.3) is 0 Å². The van der Waals surface area contributed by atoms with E-state index in [-0.39, 0.29) is 12.0 Å². The van der Waals surface area contributed by atoms with Gasteiger partial charge in [-0.25, -0.2) is 0 Å². The standard InChI is InChI=1S/C11H16O2/c1-8-6-10(9(2)13-8)11(7-12)4-3-5-11/h6,12H,3-5,7H2,1-2H3. The second kappa shape index (κ2) is 2.88. The molecule has 1 aliphatic carbocycles. The first-order valence-electron chi connectivity index (χ1n) is 4.86. The van der Waals surface area contributed by atoms with Crippen LogP contribution in [-0.2, 0) is 5.41 Å². The molecule has 1 fully saturated rings. The first-order chi connectivity index (χ1) is 6.18. The summed E-state index contributed by atoms with van der Waals surface area (Å²) in [6.45, 7) is 4.20. The van der Waals surface area contributed by atoms with Crippen molar-refractivity contribution in [3.8, 4) is 0 Å². The zero-order valence-electron chi connectivity index (χ0n) is 8.26. The fraction of sp³-hybridized carbons (Fsp3) is 0.636. The summed E-state index contributed by atoms with van der Waals surface area (Å²) < 4.78 is 5.49. The van der Waals surface area contributed by atoms with Gasteiger partial charge in [0.2, 0.25) is 0 Å². The Morgan fingerprint density at radius 3 is 2.46 bits per heavy atom. The number of aliphatic hydroxyl groups is 1. The molecule has 13 heavy (non-hydrogen) atoms. The Morgan fingerprint density at radius 2 is 2.15 bits per heavy atom. The van der Waals surface area contributed by atoms with E-state index in [1.807, 2.05) is 13.8 Å². The summed E-state index contributed by atoms with van der Waals surface area (Å²) in [4.78, 5) is 0. The monoisotopic (exact) mass is 180 g/mol. The summed E-state index contributed by atoms with van der Waals surface area (Å²) in [5.74, 6) is 1.93. The van der Waals surface area contributed by atoms with Crippen molar-refractivity contribution in [3.05, 3.63) is 23.2 Å². The highest BCUT2D eigenvalue weighted by atomic mass is 16.3. The topological polar surface area (TPSA) is 33.4 Å². The van der Waals surface area contributed by atoms with Gasteiger partial charge in [0.05, 0.1) is 6.61 Å². The van der Waals surface area contributed by atoms with Gasteiger partial charge >= 0.3 is 0 Å². The van der Waals surface area contributed by atoms with Gasteiger partial charge < -0.3 is 9.52 Å². The minimum Gasteiger partial charge on any atom is -0.466 e. The van der Waals surface area contributed by atoms with Crippen LogP contribution in [0, 0.1) is 13.8 Å². The van der Waals surface area contributed by atoms with Gasteiger partial charge in [-0.1, -0.05) is 6.42 Å². The number of hydrogen-bond donors (Lipinski definition) is 1. The van der Waals surface area contributed by atoms with E-state index in [4.69, 9.17) is 4.42 Å². The van der Waals surface area contributed by atoms with Crippen molar-refractivity contribution in [1.29, 1.82) is 0 Å². The Bertz CT molecular complexity index is 302. The van der Waals surface area contributed by atoms with Gasteiger partial charge in [-0.2, -0.15) is 0 Å². The second-order valence-corrected chi connectivity index (χ2v) is 4.12. The minimum absolute atomic E-state index is 0.0296. The van der Waals surface area contributed by atoms with E-state index in [1.54, 1.807) is 0 Å². The number of aryl methyl sites for hydroxylation is 2. The van der Waals surface area contributed by atoms with E-state index in [0.29, 0.717) is 0 Å². The lowest BCUT2D eigenvalue weighted by Crippen LogP contribution is -2.38. The van der Waals surface area contributed by atoms with E-state index in [0.717, 1.165) is 24.4 Å². The fourth-order valence-corrected chi connectivity index (χ4v) is 2.27. The van der Waals surface area contributed by atoms with Crippen LogP contribution in [0.3, 0.4) is 0 Å². The van der Waals surface area contributed by atoms with Crippen molar-refractivity contribution in [2.45, 2.75) is 38.5 Å². The van der Waals surface area contributed by atoms with Gasteiger partial charge in [0.25, 0.3) is 0 Å². The van der Waals surface area contributed by atoms with E-state index >= 15 is 0 Å². The Labute approximate surface area is 78.6 Å². The summed E-state index contributed by atoms with van der Waals surface area (Å²) in [5, 5.41) is 9.38. The van der Waals surface area contributed by atoms with Gasteiger partial charge in [-0.05, 0) is 32.8 Å². The third-order valence-electron chi connectivity index (χ3n) is 3.23. The number of aliphatic hydroxyl groups excluding tert-OH is 1. The van der Waals surface area contributed by atoms with Crippen molar-refractivity contribution in [2.75, 3.05) is 6.61 Å². The van der Waals surface area contributed by atoms with E-state index in [1.165, 1.54) is 12.0 Å². The van der Waals surface area contributed by atoms with Gasteiger partial charge in [-0.3, -0.25) is 0 Å². The molecule has 1 N–H and O–H groups in total. The number of hydrogen-bond acceptors (Lipinski definition) is 2. The summed E-state index contributed by atoms with van der Waals surface area (Å²) in [7, 11) is 0. The van der Waals surface area contributed by atoms with Crippen molar-refractivity contribution in [3.63, 3.8) is 0 Å². The van der Waals surface area contributed by atoms with Crippen molar-refractivity contribution >= 4 is 0 Å². The second-order valence-electron chi connectivity index (χ2n) is 4.12. The van der Waals surface area contributed by atoms with E-state index in [2.05, 4.69) is 6.07 Å². The van der Waals surface area contributed by atoms with Gasteiger partial charge in [-0.15, -0.1) is 0 Å². The molecule has 0 bridgehead atoms. The fourth-order valence-electron chi connectivity index (χ4n) is 2.27. The molecule has 0 spiro atoms. The average molecular weight is 180 g/mol. The van der Waals surface area contributed by atoms with Crippen LogP contribution in [0.5, 0.6) is 0 Å². The molecule has 0 radical (unpaired) electrons. The predicted molar refractivity (Wildman–Crippen MR) is 50.8 cm³/mol. The minimum atomic E-state index is 0.0296. The molecule has 1 aliphatic rings. The Balaban J connectivity index is 2.37. The van der Waals surface area contributed by atoms with Crippen molar-refractivity contribution in [2.24, 2.45) is 0 Å². The highest BCUT2D eigenvalue weighted by Gasteiger charge is 2.40. The Morgan fingerprint density at radius 1 is 1.46 bits per heavy atom. The molecular formula is C11H16O2. The molecule has 2 heteroatoms. The largest absolute Gasteiger partial charge is 0.466 e. The van der Waals surface area contributed by atoms with E-state index < -0.39 is 0 Å². The first-order valence-corrected chi connectivity index (χ1v) is 4.86. The molecule has 0 aliphatic heterocycles. The lowest BCUT2D eigenvalue weighted by Gasteiger charge is -2.40. The lowest BCUT2D eigenvalue weighted by molar-refractivity contribution is 0.118. The zero-order chi connectivity index (χ0) is 9.47. The SMILES string of the molecule is Cc1cc(C2(CO)CCC2)c(C)o1. The van der Waals surface area contributed by atoms with Crippen LogP contribution in [0.1, 0.15) is 36.3 Å². The molecule has 0 atom stereocenters. The highest BCUT2D eigenvalue weighted by molar-refractivity contribution is 5.32. The third-order valence-corrected chi connectivity index (χ3v) is 3.23. The first kappa shape index (κ1) is 8.82. The van der Waals surface area contributed by atoms with Gasteiger partial charge in [0.15, 0.2) is 0 Å². The molecule has 0 unspecified atom stereocenters. The summed E-state index contributed by atoms with van der Waals surface area (Å²) in [5.41, 5.74) is 1.25. The maximum atomic E-state index is 9.38. The van der Waals surface area contributed by atoms with E-state index in [9.17, 15) is 5.11 Å². The zero-order valence-corrected chi connectivity index (χ0v) is 8.26. The van der Waals surface area contributed by atoms with Crippen LogP contribution in [0.2, 0.25) is 0 Å². The molecule has 0 amide bonds. The molecule has 1 aromatic rings. The molecule has 1 aromatic heterocycles. The lowest BCUT2D eigenvalue weighted by atomic mass is 9.65. The van der Waals surface area contributed by atoms with Crippen LogP contribution < -0.4 is 0 Å². The molecule has 2 nitrogen and oxygen atoms in total. The molecule has 1 saturated carbocycles. The van der Waals surface area contributed by atoms with Crippen LogP contribution in [0.15, 0.2) is 10.5 Å². The molecular weight excluding hydrogens is 164 g/mol. The van der Waals surface area contributed by atoms with Crippen molar-refractivity contribution < 1.29 is 9.52 Å². The molecule has 2 rings (SSSR count). The molecule has 0 saturated heterocycles. The van der Waals surface area contributed by atoms with Crippen LogP contribution in [-0.4, -0.2) is 11.7 Å². The van der Waals surface area contributed by atoms with Gasteiger partial charge in [0.1, 0.15) is 11.5 Å². The summed E-state index contributed by atoms with van der Waals surface area (Å²) >= 11 is 0. The van der Waals surface area contributed by atoms with Crippen molar-refractivity contribution in [1.82, 2.24) is 0 Å². The van der Waals surface area contributed by atoms with Crippen LogP contribution in [0.4, 0.5) is 0 Å². The van der Waals surface area contributed by atoms with Gasteiger partial charge in [0, 0.05) is 11.0 Å². The maximum Gasteiger partial charge on any atom is 0.104 e. The maximum absolute atomic E-state index is 9.38. The summed E-state index contributed by atoms with van der Waals surface area (Å²) in [6.07, 6.45) is 3.43. The number of rotatable bonds is 2. The third kappa shape index (κ3) is 1.20. The predicted octanol–water partition coefficient (Wildman–Crippen LogP) is 2.31. The smallest absolute Gasteiger partial charge is 0.104 e. The molecule has 72 valence electrons. The molecule has 0 aromatic carbocycles. The average Bonchev–Trinajstić information content (AvgIpc) is 2.30. The highest BCUT2D eigenvalue weighted by Crippen LogP contribution is 2.45.